The average Bonchev–Trinajstić information content (AvgIpc) is 2.77. The molecule has 5 nitrogen and oxygen atoms in total. The van der Waals surface area contributed by atoms with Crippen LogP contribution in [0, 0.1) is 0 Å². The summed E-state index contributed by atoms with van der Waals surface area (Å²) in [4.78, 5) is 23.8. The van der Waals surface area contributed by atoms with Gasteiger partial charge in [-0.1, -0.05) is 110 Å². The number of carbonyl (C=O) groups is 2. The lowest BCUT2D eigenvalue weighted by Crippen LogP contribution is -2.28. The van der Waals surface area contributed by atoms with Crippen molar-refractivity contribution < 1.29 is 24.2 Å². The Labute approximate surface area is 191 Å². The van der Waals surface area contributed by atoms with Crippen molar-refractivity contribution in [2.75, 3.05) is 13.2 Å². The molecule has 0 amide bonds. The van der Waals surface area contributed by atoms with E-state index in [9.17, 15) is 14.7 Å². The van der Waals surface area contributed by atoms with Crippen LogP contribution in [0.4, 0.5) is 0 Å². The van der Waals surface area contributed by atoms with E-state index in [2.05, 4.69) is 13.8 Å². The third-order valence-corrected chi connectivity index (χ3v) is 5.65. The van der Waals surface area contributed by atoms with Gasteiger partial charge < -0.3 is 14.6 Å². The second-order valence-corrected chi connectivity index (χ2v) is 8.78. The minimum atomic E-state index is -0.756. The summed E-state index contributed by atoms with van der Waals surface area (Å²) in [6.07, 6.45) is 20.1. The van der Waals surface area contributed by atoms with E-state index in [0.717, 1.165) is 38.5 Å². The van der Waals surface area contributed by atoms with Gasteiger partial charge in [0.15, 0.2) is 6.10 Å². The molecule has 0 aromatic rings. The Morgan fingerprint density at radius 3 is 1.42 bits per heavy atom. The largest absolute Gasteiger partial charge is 0.462 e. The molecule has 0 bridgehead atoms. The van der Waals surface area contributed by atoms with Crippen LogP contribution in [0.1, 0.15) is 136 Å². The van der Waals surface area contributed by atoms with Gasteiger partial charge in [-0.25, -0.2) is 0 Å². The lowest BCUT2D eigenvalue weighted by molar-refractivity contribution is -0.161. The molecule has 0 saturated carbocycles. The van der Waals surface area contributed by atoms with Crippen molar-refractivity contribution in [2.24, 2.45) is 0 Å². The molecule has 5 heteroatoms. The van der Waals surface area contributed by atoms with Crippen LogP contribution in [0.5, 0.6) is 0 Å². The first-order chi connectivity index (χ1) is 15.1. The molecule has 0 aliphatic heterocycles. The van der Waals surface area contributed by atoms with Gasteiger partial charge in [0.2, 0.25) is 0 Å². The Morgan fingerprint density at radius 1 is 0.613 bits per heavy atom. The molecular formula is C26H50O5. The molecule has 0 fully saturated rings. The Hall–Kier alpha value is -1.10. The first kappa shape index (κ1) is 29.9. The van der Waals surface area contributed by atoms with Crippen LogP contribution < -0.4 is 0 Å². The molecule has 0 radical (unpaired) electrons. The van der Waals surface area contributed by atoms with E-state index in [1.807, 2.05) is 0 Å². The number of ether oxygens (including phenoxy) is 2. The number of unbranched alkanes of at least 4 members (excludes halogenated alkanes) is 15. The highest BCUT2D eigenvalue weighted by atomic mass is 16.6. The normalized spacial score (nSPS) is 12.0. The van der Waals surface area contributed by atoms with E-state index in [4.69, 9.17) is 9.47 Å². The van der Waals surface area contributed by atoms with E-state index >= 15 is 0 Å². The highest BCUT2D eigenvalue weighted by Crippen LogP contribution is 2.12. The SMILES string of the molecule is CCCCCCCCCCCC(=O)OC[C@H](CO)OC(=O)CCCCCCCCCC. The van der Waals surface area contributed by atoms with Crippen LogP contribution in [0.15, 0.2) is 0 Å². The predicted octanol–water partition coefficient (Wildman–Crippen LogP) is 6.89. The number of aliphatic hydroxyl groups is 1. The molecule has 0 aliphatic rings. The summed E-state index contributed by atoms with van der Waals surface area (Å²) in [5, 5.41) is 9.38. The van der Waals surface area contributed by atoms with Crippen molar-refractivity contribution in [3.8, 4) is 0 Å². The first-order valence-corrected chi connectivity index (χ1v) is 13.1. The Bertz CT molecular complexity index is 411. The number of carbonyl (C=O) groups excluding carboxylic acids is 2. The third kappa shape index (κ3) is 21.9. The highest BCUT2D eigenvalue weighted by molar-refractivity contribution is 5.70. The van der Waals surface area contributed by atoms with Crippen LogP contribution in [-0.2, 0) is 19.1 Å². The van der Waals surface area contributed by atoms with Gasteiger partial charge in [-0.3, -0.25) is 9.59 Å². The molecule has 0 saturated heterocycles. The van der Waals surface area contributed by atoms with Crippen molar-refractivity contribution in [2.45, 2.75) is 142 Å². The summed E-state index contributed by atoms with van der Waals surface area (Å²) < 4.78 is 10.4. The summed E-state index contributed by atoms with van der Waals surface area (Å²) in [5.74, 6) is -0.597. The summed E-state index contributed by atoms with van der Waals surface area (Å²) >= 11 is 0. The topological polar surface area (TPSA) is 72.8 Å². The average molecular weight is 443 g/mol. The molecule has 1 atom stereocenters. The minimum Gasteiger partial charge on any atom is -0.462 e. The van der Waals surface area contributed by atoms with Crippen molar-refractivity contribution >= 4 is 11.9 Å². The summed E-state index contributed by atoms with van der Waals surface area (Å²) in [5.41, 5.74) is 0. The van der Waals surface area contributed by atoms with E-state index in [1.165, 1.54) is 70.6 Å². The van der Waals surface area contributed by atoms with E-state index in [0.29, 0.717) is 12.8 Å². The minimum absolute atomic E-state index is 0.0596. The van der Waals surface area contributed by atoms with Crippen molar-refractivity contribution in [3.05, 3.63) is 0 Å². The molecule has 184 valence electrons. The van der Waals surface area contributed by atoms with Gasteiger partial charge in [-0.15, -0.1) is 0 Å². The van der Waals surface area contributed by atoms with Gasteiger partial charge >= 0.3 is 11.9 Å². The number of hydrogen-bond acceptors (Lipinski definition) is 5. The summed E-state index contributed by atoms with van der Waals surface area (Å²) in [7, 11) is 0. The van der Waals surface area contributed by atoms with Crippen molar-refractivity contribution in [3.63, 3.8) is 0 Å². The summed E-state index contributed by atoms with van der Waals surface area (Å²) in [6.45, 7) is 4.05. The van der Waals surface area contributed by atoms with Crippen LogP contribution >= 0.6 is 0 Å². The maximum Gasteiger partial charge on any atom is 0.306 e. The van der Waals surface area contributed by atoms with Crippen LogP contribution in [0.2, 0.25) is 0 Å². The van der Waals surface area contributed by atoms with Crippen LogP contribution in [-0.4, -0.2) is 36.4 Å². The van der Waals surface area contributed by atoms with Gasteiger partial charge in [-0.05, 0) is 12.8 Å². The molecule has 0 unspecified atom stereocenters. The molecule has 0 aromatic carbocycles. The molecule has 0 aromatic heterocycles. The molecule has 0 heterocycles. The predicted molar refractivity (Wildman–Crippen MR) is 127 cm³/mol. The smallest absolute Gasteiger partial charge is 0.306 e. The fourth-order valence-corrected chi connectivity index (χ4v) is 3.61. The maximum atomic E-state index is 11.9. The van der Waals surface area contributed by atoms with Gasteiger partial charge in [0, 0.05) is 12.8 Å². The Morgan fingerprint density at radius 2 is 1.00 bits per heavy atom. The fraction of sp³-hybridized carbons (Fsp3) is 0.923. The zero-order chi connectivity index (χ0) is 23.0. The summed E-state index contributed by atoms with van der Waals surface area (Å²) in [6, 6.07) is 0. The zero-order valence-electron chi connectivity index (χ0n) is 20.5. The lowest BCUT2D eigenvalue weighted by atomic mass is 10.1. The number of hydrogen-bond donors (Lipinski definition) is 1. The molecule has 1 N–H and O–H groups in total. The van der Waals surface area contributed by atoms with Gasteiger partial charge in [0.1, 0.15) is 6.61 Å². The Balaban J connectivity index is 3.62. The monoisotopic (exact) mass is 442 g/mol. The number of esters is 2. The van der Waals surface area contributed by atoms with Crippen LogP contribution in [0.25, 0.3) is 0 Å². The molecular weight excluding hydrogens is 392 g/mol. The molecule has 0 aliphatic carbocycles. The zero-order valence-corrected chi connectivity index (χ0v) is 20.5. The van der Waals surface area contributed by atoms with Crippen molar-refractivity contribution in [1.29, 1.82) is 0 Å². The molecule has 31 heavy (non-hydrogen) atoms. The standard InChI is InChI=1S/C26H50O5/c1-3-5-7-9-11-13-15-16-18-20-25(28)30-23-24(22-27)31-26(29)21-19-17-14-12-10-8-6-4-2/h24,27H,3-23H2,1-2H3/t24-/m0/s1. The quantitative estimate of drug-likeness (QED) is 0.138. The second kappa shape index (κ2) is 23.6. The lowest BCUT2D eigenvalue weighted by Gasteiger charge is -2.15. The van der Waals surface area contributed by atoms with Gasteiger partial charge in [0.25, 0.3) is 0 Å². The molecule has 0 rings (SSSR count). The van der Waals surface area contributed by atoms with E-state index in [-0.39, 0.29) is 25.2 Å². The van der Waals surface area contributed by atoms with E-state index in [1.54, 1.807) is 0 Å². The second-order valence-electron chi connectivity index (χ2n) is 8.78. The fourth-order valence-electron chi connectivity index (χ4n) is 3.61. The van der Waals surface area contributed by atoms with Gasteiger partial charge in [0.05, 0.1) is 6.61 Å². The maximum absolute atomic E-state index is 11.9. The third-order valence-electron chi connectivity index (χ3n) is 5.65. The van der Waals surface area contributed by atoms with Crippen molar-refractivity contribution in [1.82, 2.24) is 0 Å². The number of rotatable bonds is 23. The number of aliphatic hydroxyl groups excluding tert-OH is 1. The van der Waals surface area contributed by atoms with E-state index < -0.39 is 6.10 Å². The van der Waals surface area contributed by atoms with Crippen LogP contribution in [0.3, 0.4) is 0 Å². The Kier molecular flexibility index (Phi) is 22.7. The first-order valence-electron chi connectivity index (χ1n) is 13.1. The highest BCUT2D eigenvalue weighted by Gasteiger charge is 2.16. The van der Waals surface area contributed by atoms with Gasteiger partial charge in [-0.2, -0.15) is 0 Å². The molecule has 0 spiro atoms.